The van der Waals surface area contributed by atoms with Crippen molar-refractivity contribution >= 4 is 98.0 Å². The van der Waals surface area contributed by atoms with Crippen LogP contribution in [-0.2, 0) is 0 Å². The molecule has 5 heterocycles. The van der Waals surface area contributed by atoms with Gasteiger partial charge in [-0.25, -0.2) is 9.97 Å². The smallest absolute Gasteiger partial charge is 0.164 e. The Kier molecular flexibility index (Phi) is 7.69. The van der Waals surface area contributed by atoms with Crippen LogP contribution in [-0.4, -0.2) is 28.2 Å². The van der Waals surface area contributed by atoms with Gasteiger partial charge in [0.15, 0.2) is 5.82 Å². The van der Waals surface area contributed by atoms with Crippen LogP contribution >= 0.6 is 0 Å². The molecule has 6 nitrogen and oxygen atoms in total. The van der Waals surface area contributed by atoms with Crippen molar-refractivity contribution in [1.82, 2.24) is 28.2 Å². The van der Waals surface area contributed by atoms with Gasteiger partial charge in [0.25, 0.3) is 0 Å². The molecule has 0 spiro atoms. The number of nitrogens with zero attached hydrogens (tertiary/aromatic N) is 6. The number of hydrogen-bond acceptors (Lipinski definition) is 2. The maximum atomic E-state index is 5.72. The maximum absolute atomic E-state index is 5.72. The highest BCUT2D eigenvalue weighted by Gasteiger charge is 2.26. The maximum Gasteiger partial charge on any atom is 0.164 e. The number of aromatic nitrogens is 6. The molecule has 0 atom stereocenters. The lowest BCUT2D eigenvalue weighted by atomic mass is 10.0. The van der Waals surface area contributed by atoms with E-state index in [1.807, 2.05) is 0 Å². The van der Waals surface area contributed by atoms with Gasteiger partial charge in [-0.2, -0.15) is 0 Å². The molecule has 0 bridgehead atoms. The lowest BCUT2D eigenvalue weighted by molar-refractivity contribution is 0.994. The Balaban J connectivity index is 1.15. The standard InChI is InChI=1S/C62H38N6/c1-3-20-40(21-4-1)65-52-30-13-9-25-43(52)47-34-36-49-45-27-11-15-32-54(45)67(60(49)58(47)65)56-38-57(64-62(63-56)51-29-17-19-39-18-7-8-24-42(39)51)68-55-33-16-12-28-46(55)50-37-35-48-44-26-10-14-31-53(44)66(59(48)61(50)68)41-22-5-2-6-23-41/h1-38H. The molecule has 316 valence electrons. The lowest BCUT2D eigenvalue weighted by Crippen LogP contribution is -2.07. The van der Waals surface area contributed by atoms with Gasteiger partial charge in [-0.3, -0.25) is 9.13 Å². The third-order valence-corrected chi connectivity index (χ3v) is 14.2. The van der Waals surface area contributed by atoms with E-state index in [4.69, 9.17) is 9.97 Å². The van der Waals surface area contributed by atoms with Crippen molar-refractivity contribution in [1.29, 1.82) is 0 Å². The molecule has 15 rings (SSSR count). The van der Waals surface area contributed by atoms with Gasteiger partial charge in [0.1, 0.15) is 11.6 Å². The van der Waals surface area contributed by atoms with Crippen molar-refractivity contribution in [3.05, 3.63) is 231 Å². The van der Waals surface area contributed by atoms with E-state index in [9.17, 15) is 0 Å². The molecule has 15 aromatic rings. The second-order valence-electron chi connectivity index (χ2n) is 17.7. The molecular formula is C62H38N6. The molecule has 0 aliphatic carbocycles. The van der Waals surface area contributed by atoms with Gasteiger partial charge >= 0.3 is 0 Å². The summed E-state index contributed by atoms with van der Waals surface area (Å²) in [6.45, 7) is 0. The predicted molar refractivity (Wildman–Crippen MR) is 282 cm³/mol. The fourth-order valence-corrected chi connectivity index (χ4v) is 11.4. The summed E-state index contributed by atoms with van der Waals surface area (Å²) in [6, 6.07) is 83.0. The molecule has 10 aromatic carbocycles. The van der Waals surface area contributed by atoms with Crippen molar-refractivity contribution in [2.45, 2.75) is 0 Å². The van der Waals surface area contributed by atoms with E-state index in [0.717, 1.165) is 105 Å². The molecule has 0 radical (unpaired) electrons. The SMILES string of the molecule is c1ccc(-n2c3ccccc3c3ccc4c5ccccc5n(-c5cc(-n6c7ccccc7c7ccc8c9ccccc9n(-c9ccccc9)c8c76)nc(-c6cccc7ccccc67)n5)c4c32)cc1. The van der Waals surface area contributed by atoms with Crippen LogP contribution in [0.1, 0.15) is 0 Å². The van der Waals surface area contributed by atoms with Crippen LogP contribution < -0.4 is 0 Å². The largest absolute Gasteiger partial charge is 0.307 e. The fraction of sp³-hybridized carbons (Fsp3) is 0. The first kappa shape index (κ1) is 37.0. The summed E-state index contributed by atoms with van der Waals surface area (Å²) in [5.41, 5.74) is 12.1. The van der Waals surface area contributed by atoms with E-state index in [1.54, 1.807) is 0 Å². The number of hydrogen-bond donors (Lipinski definition) is 0. The van der Waals surface area contributed by atoms with Gasteiger partial charge in [-0.05, 0) is 59.3 Å². The fourth-order valence-electron chi connectivity index (χ4n) is 11.4. The zero-order valence-corrected chi connectivity index (χ0v) is 36.6. The molecule has 6 heteroatoms. The van der Waals surface area contributed by atoms with Crippen molar-refractivity contribution in [2.24, 2.45) is 0 Å². The van der Waals surface area contributed by atoms with Crippen LogP contribution in [0.15, 0.2) is 231 Å². The highest BCUT2D eigenvalue weighted by Crippen LogP contribution is 2.44. The van der Waals surface area contributed by atoms with Gasteiger partial charge in [-0.1, -0.05) is 176 Å². The van der Waals surface area contributed by atoms with E-state index >= 15 is 0 Å². The van der Waals surface area contributed by atoms with E-state index in [1.165, 1.54) is 21.5 Å². The zero-order chi connectivity index (χ0) is 44.5. The highest BCUT2D eigenvalue weighted by atomic mass is 15.2. The second-order valence-corrected chi connectivity index (χ2v) is 17.7. The van der Waals surface area contributed by atoms with E-state index in [-0.39, 0.29) is 0 Å². The van der Waals surface area contributed by atoms with Crippen molar-refractivity contribution in [3.63, 3.8) is 0 Å². The normalized spacial score (nSPS) is 12.1. The minimum Gasteiger partial charge on any atom is -0.307 e. The Hall–Kier alpha value is -9.26. The van der Waals surface area contributed by atoms with E-state index in [2.05, 4.69) is 249 Å². The van der Waals surface area contributed by atoms with Crippen molar-refractivity contribution < 1.29 is 0 Å². The number of rotatable bonds is 5. The van der Waals surface area contributed by atoms with Gasteiger partial charge in [0, 0.05) is 66.1 Å². The molecule has 68 heavy (non-hydrogen) atoms. The van der Waals surface area contributed by atoms with Crippen LogP contribution in [0.4, 0.5) is 0 Å². The van der Waals surface area contributed by atoms with Gasteiger partial charge in [0.05, 0.1) is 44.1 Å². The summed E-state index contributed by atoms with van der Waals surface area (Å²) in [7, 11) is 0. The Bertz CT molecular complexity index is 4300. The van der Waals surface area contributed by atoms with Gasteiger partial charge in [-0.15, -0.1) is 0 Å². The van der Waals surface area contributed by atoms with Crippen molar-refractivity contribution in [3.8, 4) is 34.4 Å². The Morgan fingerprint density at radius 2 is 0.588 bits per heavy atom. The van der Waals surface area contributed by atoms with Crippen LogP contribution in [0.2, 0.25) is 0 Å². The Morgan fingerprint density at radius 3 is 1.03 bits per heavy atom. The van der Waals surface area contributed by atoms with Crippen LogP contribution in [0.5, 0.6) is 0 Å². The third kappa shape index (κ3) is 5.11. The summed E-state index contributed by atoms with van der Waals surface area (Å²) in [5.74, 6) is 2.21. The Morgan fingerprint density at radius 1 is 0.250 bits per heavy atom. The second kappa shape index (κ2) is 14.1. The van der Waals surface area contributed by atoms with Crippen LogP contribution in [0, 0.1) is 0 Å². The summed E-state index contributed by atoms with van der Waals surface area (Å²) in [5, 5.41) is 11.6. The summed E-state index contributed by atoms with van der Waals surface area (Å²) in [4.78, 5) is 11.4. The minimum atomic E-state index is 0.651. The minimum absolute atomic E-state index is 0.651. The number of benzene rings is 10. The summed E-state index contributed by atoms with van der Waals surface area (Å²) >= 11 is 0. The topological polar surface area (TPSA) is 45.5 Å². The average molecular weight is 867 g/mol. The predicted octanol–water partition coefficient (Wildman–Crippen LogP) is 15.7. The molecule has 0 aliphatic rings. The number of para-hydroxylation sites is 6. The van der Waals surface area contributed by atoms with Gasteiger partial charge in [0.2, 0.25) is 0 Å². The molecule has 0 saturated carbocycles. The first-order valence-corrected chi connectivity index (χ1v) is 23.2. The molecule has 0 N–H and O–H groups in total. The first-order chi connectivity index (χ1) is 33.8. The lowest BCUT2D eigenvalue weighted by Gasteiger charge is -2.16. The summed E-state index contributed by atoms with van der Waals surface area (Å²) in [6.07, 6.45) is 0. The zero-order valence-electron chi connectivity index (χ0n) is 36.6. The van der Waals surface area contributed by atoms with E-state index < -0.39 is 0 Å². The molecule has 0 aliphatic heterocycles. The highest BCUT2D eigenvalue weighted by molar-refractivity contribution is 6.25. The first-order valence-electron chi connectivity index (χ1n) is 23.2. The Labute approximate surface area is 389 Å². The van der Waals surface area contributed by atoms with Crippen molar-refractivity contribution in [2.75, 3.05) is 0 Å². The monoisotopic (exact) mass is 866 g/mol. The molecular weight excluding hydrogens is 829 g/mol. The molecule has 5 aromatic heterocycles. The molecule has 0 unspecified atom stereocenters. The van der Waals surface area contributed by atoms with Crippen LogP contribution in [0.3, 0.4) is 0 Å². The van der Waals surface area contributed by atoms with E-state index in [0.29, 0.717) is 5.82 Å². The quantitative estimate of drug-likeness (QED) is 0.173. The third-order valence-electron chi connectivity index (χ3n) is 14.2. The molecule has 0 fully saturated rings. The molecule has 0 saturated heterocycles. The van der Waals surface area contributed by atoms with Crippen LogP contribution in [0.25, 0.3) is 132 Å². The number of fused-ring (bicyclic) bond motifs is 15. The molecule has 0 amide bonds. The average Bonchev–Trinajstić information content (AvgIpc) is 4.14. The van der Waals surface area contributed by atoms with Gasteiger partial charge < -0.3 is 9.13 Å². The summed E-state index contributed by atoms with van der Waals surface area (Å²) < 4.78 is 9.66.